The Balaban J connectivity index is 1.45. The highest BCUT2D eigenvalue weighted by Gasteiger charge is 2.59. The van der Waals surface area contributed by atoms with Crippen LogP contribution >= 0.6 is 0 Å². The molecule has 2 fully saturated rings. The highest BCUT2D eigenvalue weighted by atomic mass is 19.4. The summed E-state index contributed by atoms with van der Waals surface area (Å²) in [5.74, 6) is 2.23. The molecule has 0 amide bonds. The van der Waals surface area contributed by atoms with Crippen LogP contribution in [0, 0.1) is 23.7 Å². The van der Waals surface area contributed by atoms with Gasteiger partial charge in [-0.1, -0.05) is 24.3 Å². The number of allylic oxidation sites excluding steroid dienone is 1. The molecule has 0 aliphatic heterocycles. The fourth-order valence-corrected chi connectivity index (χ4v) is 5.16. The third-order valence-electron chi connectivity index (χ3n) is 7.05. The summed E-state index contributed by atoms with van der Waals surface area (Å²) >= 11 is 0. The summed E-state index contributed by atoms with van der Waals surface area (Å²) in [6, 6.07) is 5.17. The molecule has 8 heteroatoms. The molecule has 0 bridgehead atoms. The van der Waals surface area contributed by atoms with Gasteiger partial charge in [0.2, 0.25) is 0 Å². The lowest BCUT2D eigenvalue weighted by molar-refractivity contribution is -0.304. The molecule has 186 valence electrons. The van der Waals surface area contributed by atoms with Crippen molar-refractivity contribution in [3.05, 3.63) is 35.9 Å². The molecule has 1 aromatic carbocycles. The van der Waals surface area contributed by atoms with Gasteiger partial charge in [-0.05, 0) is 92.7 Å². The maximum absolute atomic E-state index is 13.4. The molecule has 2 aliphatic rings. The van der Waals surface area contributed by atoms with Gasteiger partial charge in [0.1, 0.15) is 5.75 Å². The van der Waals surface area contributed by atoms with E-state index in [1.807, 2.05) is 6.08 Å². The van der Waals surface area contributed by atoms with Crippen molar-refractivity contribution in [3.63, 3.8) is 0 Å². The first-order valence-electron chi connectivity index (χ1n) is 11.6. The maximum atomic E-state index is 13.4. The van der Waals surface area contributed by atoms with E-state index in [9.17, 15) is 26.3 Å². The Bertz CT molecular complexity index is 745. The normalized spacial score (nSPS) is 28.1. The van der Waals surface area contributed by atoms with Crippen LogP contribution in [0.1, 0.15) is 56.9 Å². The van der Waals surface area contributed by atoms with Gasteiger partial charge in [-0.2, -0.15) is 22.0 Å². The third kappa shape index (κ3) is 7.39. The second kappa shape index (κ2) is 11.2. The van der Waals surface area contributed by atoms with Gasteiger partial charge in [-0.25, -0.2) is 4.39 Å². The van der Waals surface area contributed by atoms with E-state index in [2.05, 4.69) is 10.8 Å². The van der Waals surface area contributed by atoms with Crippen LogP contribution in [0.15, 0.2) is 30.3 Å². The molecule has 0 spiro atoms. The van der Waals surface area contributed by atoms with E-state index in [1.165, 1.54) is 50.7 Å². The standard InChI is InChI=1S/C25H32F6O2/c1-32-16-19-6-12-21(13-7-19)20-10-4-17(5-11-20)2-3-18-8-14-22(15-9-18)33-25(30,31)23(26)24(27,28)29/h2-3,8-9,14-15,17,19-21,23H,4-7,10-13,16H2,1H3/b3-2+. The number of alkyl halides is 6. The zero-order chi connectivity index (χ0) is 24.1. The Hall–Kier alpha value is -1.70. The van der Waals surface area contributed by atoms with Crippen LogP contribution in [0.25, 0.3) is 6.08 Å². The van der Waals surface area contributed by atoms with Crippen molar-refractivity contribution >= 4 is 6.08 Å². The van der Waals surface area contributed by atoms with Gasteiger partial charge in [-0.15, -0.1) is 0 Å². The van der Waals surface area contributed by atoms with E-state index in [4.69, 9.17) is 4.74 Å². The second-order valence-electron chi connectivity index (χ2n) is 9.41. The Morgan fingerprint density at radius 2 is 1.42 bits per heavy atom. The summed E-state index contributed by atoms with van der Waals surface area (Å²) in [5.41, 5.74) is 0.719. The van der Waals surface area contributed by atoms with Gasteiger partial charge < -0.3 is 9.47 Å². The maximum Gasteiger partial charge on any atom is 0.439 e. The van der Waals surface area contributed by atoms with Gasteiger partial charge in [0, 0.05) is 13.7 Å². The molecular weight excluding hydrogens is 446 g/mol. The van der Waals surface area contributed by atoms with Gasteiger partial charge >= 0.3 is 12.3 Å². The number of rotatable bonds is 8. The number of hydrogen-bond acceptors (Lipinski definition) is 2. The molecule has 2 saturated carbocycles. The van der Waals surface area contributed by atoms with Gasteiger partial charge in [0.15, 0.2) is 0 Å². The molecule has 1 unspecified atom stereocenters. The molecule has 1 aromatic rings. The van der Waals surface area contributed by atoms with Crippen molar-refractivity contribution in [3.8, 4) is 5.75 Å². The van der Waals surface area contributed by atoms with E-state index >= 15 is 0 Å². The van der Waals surface area contributed by atoms with Crippen molar-refractivity contribution in [2.45, 2.75) is 69.8 Å². The average Bonchev–Trinajstić information content (AvgIpc) is 2.78. The molecular formula is C25H32F6O2. The smallest absolute Gasteiger partial charge is 0.430 e. The van der Waals surface area contributed by atoms with E-state index < -0.39 is 24.2 Å². The number of ether oxygens (including phenoxy) is 2. The Kier molecular flexibility index (Phi) is 8.76. The van der Waals surface area contributed by atoms with E-state index in [0.717, 1.165) is 49.0 Å². The summed E-state index contributed by atoms with van der Waals surface area (Å²) in [4.78, 5) is 0. The highest BCUT2D eigenvalue weighted by molar-refractivity contribution is 5.50. The van der Waals surface area contributed by atoms with Gasteiger partial charge in [0.25, 0.3) is 6.17 Å². The number of benzene rings is 1. The fraction of sp³-hybridized carbons (Fsp3) is 0.680. The summed E-state index contributed by atoms with van der Waals surface area (Å²) in [7, 11) is 1.76. The molecule has 0 saturated heterocycles. The van der Waals surface area contributed by atoms with Crippen LogP contribution in [0.3, 0.4) is 0 Å². The average molecular weight is 479 g/mol. The van der Waals surface area contributed by atoms with Crippen molar-refractivity contribution in [1.29, 1.82) is 0 Å². The Morgan fingerprint density at radius 3 is 1.94 bits per heavy atom. The van der Waals surface area contributed by atoms with Crippen molar-refractivity contribution in [2.24, 2.45) is 23.7 Å². The SMILES string of the molecule is COCC1CCC(C2CCC(/C=C/c3ccc(OC(F)(F)C(F)C(F)(F)F)cc3)CC2)CC1. The largest absolute Gasteiger partial charge is 0.439 e. The molecule has 2 nitrogen and oxygen atoms in total. The van der Waals surface area contributed by atoms with E-state index in [1.54, 1.807) is 7.11 Å². The molecule has 0 aromatic heterocycles. The lowest BCUT2D eigenvalue weighted by Crippen LogP contribution is -2.45. The van der Waals surface area contributed by atoms with Crippen molar-refractivity contribution in [2.75, 3.05) is 13.7 Å². The minimum Gasteiger partial charge on any atom is -0.430 e. The van der Waals surface area contributed by atoms with E-state index in [-0.39, 0.29) is 0 Å². The molecule has 1 atom stereocenters. The predicted octanol–water partition coefficient (Wildman–Crippen LogP) is 7.83. The van der Waals surface area contributed by atoms with Crippen LogP contribution in [0.2, 0.25) is 0 Å². The number of halogens is 6. The lowest BCUT2D eigenvalue weighted by Gasteiger charge is -2.37. The summed E-state index contributed by atoms with van der Waals surface area (Å²) in [6.45, 7) is 0.865. The first kappa shape index (κ1) is 25.9. The monoisotopic (exact) mass is 478 g/mol. The summed E-state index contributed by atoms with van der Waals surface area (Å²) < 4.78 is 85.6. The molecule has 0 heterocycles. The first-order valence-corrected chi connectivity index (χ1v) is 11.6. The molecule has 2 aliphatic carbocycles. The van der Waals surface area contributed by atoms with Crippen LogP contribution in [-0.4, -0.2) is 32.2 Å². The Labute approximate surface area is 191 Å². The molecule has 0 radical (unpaired) electrons. The number of methoxy groups -OCH3 is 1. The Morgan fingerprint density at radius 1 is 0.879 bits per heavy atom. The van der Waals surface area contributed by atoms with Crippen LogP contribution in [-0.2, 0) is 4.74 Å². The molecule has 0 N–H and O–H groups in total. The third-order valence-corrected chi connectivity index (χ3v) is 7.05. The predicted molar refractivity (Wildman–Crippen MR) is 115 cm³/mol. The summed E-state index contributed by atoms with van der Waals surface area (Å²) in [5, 5.41) is 0. The lowest BCUT2D eigenvalue weighted by atomic mass is 9.69. The van der Waals surface area contributed by atoms with Crippen LogP contribution in [0.4, 0.5) is 26.3 Å². The molecule has 33 heavy (non-hydrogen) atoms. The molecule has 3 rings (SSSR count). The quantitative estimate of drug-likeness (QED) is 0.355. The minimum atomic E-state index is -5.70. The van der Waals surface area contributed by atoms with Gasteiger partial charge in [0.05, 0.1) is 0 Å². The van der Waals surface area contributed by atoms with Crippen molar-refractivity contribution < 1.29 is 35.8 Å². The highest BCUT2D eigenvalue weighted by Crippen LogP contribution is 2.42. The van der Waals surface area contributed by atoms with E-state index in [0.29, 0.717) is 11.8 Å². The zero-order valence-electron chi connectivity index (χ0n) is 18.8. The van der Waals surface area contributed by atoms with Crippen molar-refractivity contribution in [1.82, 2.24) is 0 Å². The van der Waals surface area contributed by atoms with Crippen LogP contribution < -0.4 is 4.74 Å². The first-order chi connectivity index (χ1) is 15.6. The minimum absolute atomic E-state index is 0.449. The fourth-order valence-electron chi connectivity index (χ4n) is 5.16. The van der Waals surface area contributed by atoms with Gasteiger partial charge in [-0.3, -0.25) is 0 Å². The topological polar surface area (TPSA) is 18.5 Å². The second-order valence-corrected chi connectivity index (χ2v) is 9.41. The summed E-state index contributed by atoms with van der Waals surface area (Å²) in [6.07, 6.45) is -1.35. The number of hydrogen-bond donors (Lipinski definition) is 0. The van der Waals surface area contributed by atoms with Crippen LogP contribution in [0.5, 0.6) is 5.75 Å². The zero-order valence-corrected chi connectivity index (χ0v) is 18.8.